The van der Waals surface area contributed by atoms with Gasteiger partial charge in [0.2, 0.25) is 5.91 Å². The Kier molecular flexibility index (Phi) is 6.19. The molecule has 2 fully saturated rings. The van der Waals surface area contributed by atoms with Gasteiger partial charge in [0.1, 0.15) is 0 Å². The normalized spacial score (nSPS) is 19.2. The molecule has 5 heteroatoms. The maximum atomic E-state index is 12.5. The van der Waals surface area contributed by atoms with E-state index < -0.39 is 0 Å². The summed E-state index contributed by atoms with van der Waals surface area (Å²) in [6.45, 7) is 7.21. The summed E-state index contributed by atoms with van der Waals surface area (Å²) in [4.78, 5) is 17.0. The van der Waals surface area contributed by atoms with Crippen molar-refractivity contribution in [2.24, 2.45) is 5.92 Å². The van der Waals surface area contributed by atoms with Gasteiger partial charge in [-0.1, -0.05) is 12.5 Å². The lowest BCUT2D eigenvalue weighted by Gasteiger charge is -2.31. The predicted molar refractivity (Wildman–Crippen MR) is 98.0 cm³/mol. The van der Waals surface area contributed by atoms with Gasteiger partial charge in [-0.05, 0) is 43.9 Å². The van der Waals surface area contributed by atoms with Crippen LogP contribution in [0.4, 0.5) is 0 Å². The summed E-state index contributed by atoms with van der Waals surface area (Å²) in [6, 6.07) is 6.16. The van der Waals surface area contributed by atoms with Crippen LogP contribution in [0.25, 0.3) is 0 Å². The highest BCUT2D eigenvalue weighted by atomic mass is 16.5. The Bertz CT molecular complexity index is 586. The van der Waals surface area contributed by atoms with Gasteiger partial charge in [0.25, 0.3) is 0 Å². The quantitative estimate of drug-likeness (QED) is 0.794. The molecule has 0 radical (unpaired) electrons. The van der Waals surface area contributed by atoms with E-state index in [-0.39, 0.29) is 0 Å². The highest BCUT2D eigenvalue weighted by Gasteiger charge is 2.30. The Morgan fingerprint density at radius 1 is 1.12 bits per heavy atom. The second kappa shape index (κ2) is 8.56. The van der Waals surface area contributed by atoms with Gasteiger partial charge >= 0.3 is 0 Å². The number of ether oxygens (including phenoxy) is 2. The Morgan fingerprint density at radius 3 is 2.64 bits per heavy atom. The molecule has 0 N–H and O–H groups in total. The Labute approximate surface area is 150 Å². The summed E-state index contributed by atoms with van der Waals surface area (Å²) in [5, 5.41) is 0. The SMILES string of the molecule is CCOc1ccc(CN2CCCN(C(=O)C3CCC3)CC2)cc1OC. The number of hydrogen-bond acceptors (Lipinski definition) is 4. The molecule has 1 aliphatic carbocycles. The van der Waals surface area contributed by atoms with Crippen molar-refractivity contribution in [2.75, 3.05) is 39.9 Å². The van der Waals surface area contributed by atoms with Gasteiger partial charge in [-0.3, -0.25) is 9.69 Å². The van der Waals surface area contributed by atoms with Crippen molar-refractivity contribution in [3.05, 3.63) is 23.8 Å². The minimum absolute atomic E-state index is 0.307. The first-order valence-corrected chi connectivity index (χ1v) is 9.52. The van der Waals surface area contributed by atoms with E-state index in [0.717, 1.165) is 63.5 Å². The number of methoxy groups -OCH3 is 1. The van der Waals surface area contributed by atoms with E-state index in [4.69, 9.17) is 9.47 Å². The highest BCUT2D eigenvalue weighted by Crippen LogP contribution is 2.30. The van der Waals surface area contributed by atoms with E-state index in [1.165, 1.54) is 12.0 Å². The smallest absolute Gasteiger partial charge is 0.225 e. The zero-order valence-corrected chi connectivity index (χ0v) is 15.5. The molecule has 1 heterocycles. The Hall–Kier alpha value is -1.75. The number of nitrogens with zero attached hydrogens (tertiary/aromatic N) is 2. The predicted octanol–water partition coefficient (Wildman–Crippen LogP) is 2.93. The van der Waals surface area contributed by atoms with Crippen molar-refractivity contribution in [3.8, 4) is 11.5 Å². The molecule has 2 aliphatic rings. The van der Waals surface area contributed by atoms with Crippen LogP contribution in [0, 0.1) is 5.92 Å². The van der Waals surface area contributed by atoms with Crippen molar-refractivity contribution < 1.29 is 14.3 Å². The topological polar surface area (TPSA) is 42.0 Å². The number of rotatable bonds is 6. The molecule has 0 bridgehead atoms. The minimum Gasteiger partial charge on any atom is -0.493 e. The average Bonchev–Trinajstić information content (AvgIpc) is 2.80. The molecule has 0 spiro atoms. The van der Waals surface area contributed by atoms with Crippen LogP contribution < -0.4 is 9.47 Å². The molecule has 1 saturated carbocycles. The molecule has 0 atom stereocenters. The van der Waals surface area contributed by atoms with Crippen LogP contribution in [0.2, 0.25) is 0 Å². The van der Waals surface area contributed by atoms with Gasteiger partial charge in [-0.2, -0.15) is 0 Å². The largest absolute Gasteiger partial charge is 0.493 e. The third-order valence-corrected chi connectivity index (χ3v) is 5.29. The summed E-state index contributed by atoms with van der Waals surface area (Å²) in [7, 11) is 1.68. The highest BCUT2D eigenvalue weighted by molar-refractivity contribution is 5.79. The van der Waals surface area contributed by atoms with Gasteiger partial charge in [0.05, 0.1) is 13.7 Å². The molecular formula is C20H30N2O3. The van der Waals surface area contributed by atoms with E-state index >= 15 is 0 Å². The van der Waals surface area contributed by atoms with Crippen molar-refractivity contribution in [1.29, 1.82) is 0 Å². The van der Waals surface area contributed by atoms with Crippen LogP contribution in [-0.4, -0.2) is 55.6 Å². The number of hydrogen-bond donors (Lipinski definition) is 0. The molecule has 1 aliphatic heterocycles. The van der Waals surface area contributed by atoms with Crippen molar-refractivity contribution >= 4 is 5.91 Å². The average molecular weight is 346 g/mol. The number of carbonyl (C=O) groups is 1. The fourth-order valence-corrected chi connectivity index (χ4v) is 3.61. The lowest BCUT2D eigenvalue weighted by molar-refractivity contribution is -0.138. The molecule has 25 heavy (non-hydrogen) atoms. The summed E-state index contributed by atoms with van der Waals surface area (Å²) in [6.07, 6.45) is 4.44. The van der Waals surface area contributed by atoms with Crippen LogP contribution >= 0.6 is 0 Å². The molecule has 1 aromatic carbocycles. The lowest BCUT2D eigenvalue weighted by atomic mass is 9.84. The van der Waals surface area contributed by atoms with Crippen molar-refractivity contribution in [3.63, 3.8) is 0 Å². The van der Waals surface area contributed by atoms with Crippen LogP contribution in [0.1, 0.15) is 38.2 Å². The molecule has 138 valence electrons. The number of benzene rings is 1. The van der Waals surface area contributed by atoms with Gasteiger partial charge in [-0.15, -0.1) is 0 Å². The third-order valence-electron chi connectivity index (χ3n) is 5.29. The maximum Gasteiger partial charge on any atom is 0.225 e. The number of carbonyl (C=O) groups excluding carboxylic acids is 1. The van der Waals surface area contributed by atoms with Gasteiger partial charge in [0.15, 0.2) is 11.5 Å². The molecule has 3 rings (SSSR count). The molecule has 0 unspecified atom stereocenters. The number of amides is 1. The molecule has 1 aromatic rings. The standard InChI is InChI=1S/C20H30N2O3/c1-3-25-18-9-8-16(14-19(18)24-2)15-21-10-5-11-22(13-12-21)20(23)17-6-4-7-17/h8-9,14,17H,3-7,10-13,15H2,1-2H3. The second-order valence-corrected chi connectivity index (χ2v) is 7.00. The maximum absolute atomic E-state index is 12.5. The van der Waals surface area contributed by atoms with E-state index in [1.54, 1.807) is 7.11 Å². The zero-order valence-electron chi connectivity index (χ0n) is 15.5. The van der Waals surface area contributed by atoms with Crippen LogP contribution in [0.3, 0.4) is 0 Å². The van der Waals surface area contributed by atoms with Gasteiger partial charge in [-0.25, -0.2) is 0 Å². The molecule has 1 saturated heterocycles. The Morgan fingerprint density at radius 2 is 1.96 bits per heavy atom. The summed E-state index contributed by atoms with van der Waals surface area (Å²) < 4.78 is 11.0. The fourth-order valence-electron chi connectivity index (χ4n) is 3.61. The summed E-state index contributed by atoms with van der Waals surface area (Å²) >= 11 is 0. The summed E-state index contributed by atoms with van der Waals surface area (Å²) in [5.41, 5.74) is 1.22. The third kappa shape index (κ3) is 4.46. The summed E-state index contributed by atoms with van der Waals surface area (Å²) in [5.74, 6) is 2.27. The Balaban J connectivity index is 1.57. The van der Waals surface area contributed by atoms with Crippen molar-refractivity contribution in [2.45, 2.75) is 39.2 Å². The van der Waals surface area contributed by atoms with Gasteiger partial charge in [0, 0.05) is 38.6 Å². The first-order valence-electron chi connectivity index (χ1n) is 9.52. The lowest BCUT2D eigenvalue weighted by Crippen LogP contribution is -2.41. The first kappa shape index (κ1) is 18.1. The van der Waals surface area contributed by atoms with Crippen LogP contribution in [0.5, 0.6) is 11.5 Å². The first-order chi connectivity index (χ1) is 12.2. The molecular weight excluding hydrogens is 316 g/mol. The van der Waals surface area contributed by atoms with E-state index in [2.05, 4.69) is 21.9 Å². The van der Waals surface area contributed by atoms with Gasteiger partial charge < -0.3 is 14.4 Å². The minimum atomic E-state index is 0.307. The molecule has 1 amide bonds. The molecule has 5 nitrogen and oxygen atoms in total. The second-order valence-electron chi connectivity index (χ2n) is 7.00. The van der Waals surface area contributed by atoms with Crippen LogP contribution in [0.15, 0.2) is 18.2 Å². The van der Waals surface area contributed by atoms with E-state index in [0.29, 0.717) is 18.4 Å². The molecule has 0 aromatic heterocycles. The fraction of sp³-hybridized carbons (Fsp3) is 0.650. The monoisotopic (exact) mass is 346 g/mol. The van der Waals surface area contributed by atoms with E-state index in [1.807, 2.05) is 13.0 Å². The van der Waals surface area contributed by atoms with Crippen molar-refractivity contribution in [1.82, 2.24) is 9.80 Å². The van der Waals surface area contributed by atoms with Crippen LogP contribution in [-0.2, 0) is 11.3 Å². The van der Waals surface area contributed by atoms with E-state index in [9.17, 15) is 4.79 Å². The zero-order chi connectivity index (χ0) is 17.6.